The third-order valence-corrected chi connectivity index (χ3v) is 4.51. The first-order valence-corrected chi connectivity index (χ1v) is 8.20. The summed E-state index contributed by atoms with van der Waals surface area (Å²) in [6.45, 7) is 5.78. The van der Waals surface area contributed by atoms with Gasteiger partial charge >= 0.3 is 6.18 Å². The van der Waals surface area contributed by atoms with Crippen LogP contribution in [-0.4, -0.2) is 24.1 Å². The molecule has 7 heteroatoms. The van der Waals surface area contributed by atoms with E-state index in [1.54, 1.807) is 0 Å². The second-order valence-corrected chi connectivity index (χ2v) is 6.12. The van der Waals surface area contributed by atoms with Crippen LogP contribution in [-0.2, 0) is 6.18 Å². The lowest BCUT2D eigenvalue weighted by Crippen LogP contribution is -2.31. The lowest BCUT2D eigenvalue weighted by atomic mass is 10.2. The van der Waals surface area contributed by atoms with Gasteiger partial charge in [-0.1, -0.05) is 25.2 Å². The van der Waals surface area contributed by atoms with E-state index >= 15 is 0 Å². The molecule has 2 rings (SSSR count). The molecule has 2 N–H and O–H groups in total. The van der Waals surface area contributed by atoms with Gasteiger partial charge in [-0.25, -0.2) is 4.98 Å². The Hall–Kier alpha value is -1.34. The molecule has 0 aliphatic carbocycles. The molecule has 0 spiro atoms. The number of nitrogens with one attached hydrogen (secondary N) is 2. The van der Waals surface area contributed by atoms with Crippen LogP contribution in [0.5, 0.6) is 0 Å². The van der Waals surface area contributed by atoms with Crippen molar-refractivity contribution in [1.29, 1.82) is 0 Å². The Balaban J connectivity index is 1.95. The molecule has 1 aromatic carbocycles. The number of anilines is 1. The first-order valence-electron chi connectivity index (χ1n) is 7.39. The minimum atomic E-state index is -4.31. The Kier molecular flexibility index (Phi) is 5.63. The molecule has 0 aliphatic rings. The van der Waals surface area contributed by atoms with Crippen LogP contribution in [0.2, 0.25) is 0 Å². The Labute approximate surface area is 131 Å². The fourth-order valence-corrected chi connectivity index (χ4v) is 3.13. The molecule has 1 aromatic heterocycles. The molecule has 2 aromatic rings. The van der Waals surface area contributed by atoms with E-state index in [4.69, 9.17) is 0 Å². The maximum absolute atomic E-state index is 12.7. The minimum absolute atomic E-state index is 0.506. The number of aromatic nitrogens is 1. The largest absolute Gasteiger partial charge is 0.416 e. The second kappa shape index (κ2) is 7.28. The van der Waals surface area contributed by atoms with Crippen molar-refractivity contribution in [1.82, 2.24) is 10.3 Å². The van der Waals surface area contributed by atoms with Gasteiger partial charge in [0.05, 0.1) is 15.8 Å². The molecule has 1 heterocycles. The quantitative estimate of drug-likeness (QED) is 0.733. The van der Waals surface area contributed by atoms with Gasteiger partial charge in [0.25, 0.3) is 0 Å². The van der Waals surface area contributed by atoms with Crippen LogP contribution in [0.1, 0.15) is 32.3 Å². The summed E-state index contributed by atoms with van der Waals surface area (Å²) in [6.07, 6.45) is -2.15. The molecule has 3 nitrogen and oxygen atoms in total. The molecule has 122 valence electrons. The number of fused-ring (bicyclic) bond motifs is 1. The molecule has 0 bridgehead atoms. The van der Waals surface area contributed by atoms with Crippen molar-refractivity contribution >= 4 is 26.7 Å². The van der Waals surface area contributed by atoms with Crippen LogP contribution >= 0.6 is 11.3 Å². The molecular weight excluding hydrogens is 311 g/mol. The van der Waals surface area contributed by atoms with E-state index in [9.17, 15) is 13.2 Å². The Morgan fingerprint density at radius 3 is 2.55 bits per heavy atom. The monoisotopic (exact) mass is 331 g/mol. The molecule has 0 saturated carbocycles. The van der Waals surface area contributed by atoms with Crippen LogP contribution < -0.4 is 10.6 Å². The highest BCUT2D eigenvalue weighted by molar-refractivity contribution is 7.22. The van der Waals surface area contributed by atoms with Gasteiger partial charge in [0.1, 0.15) is 0 Å². The van der Waals surface area contributed by atoms with Crippen molar-refractivity contribution in [2.45, 2.75) is 38.9 Å². The molecule has 0 fully saturated rings. The lowest BCUT2D eigenvalue weighted by molar-refractivity contribution is -0.137. The van der Waals surface area contributed by atoms with Crippen molar-refractivity contribution in [3.05, 3.63) is 23.8 Å². The van der Waals surface area contributed by atoms with Gasteiger partial charge in [-0.2, -0.15) is 13.2 Å². The Morgan fingerprint density at radius 1 is 1.18 bits per heavy atom. The van der Waals surface area contributed by atoms with Gasteiger partial charge in [-0.05, 0) is 31.0 Å². The number of halogens is 3. The average Bonchev–Trinajstić information content (AvgIpc) is 2.88. The van der Waals surface area contributed by atoms with E-state index < -0.39 is 11.7 Å². The second-order valence-electron chi connectivity index (χ2n) is 5.09. The van der Waals surface area contributed by atoms with E-state index in [0.717, 1.165) is 31.5 Å². The number of alkyl halides is 3. The first kappa shape index (κ1) is 17.0. The zero-order valence-electron chi connectivity index (χ0n) is 12.6. The number of hydrogen-bond acceptors (Lipinski definition) is 4. The van der Waals surface area contributed by atoms with E-state index in [1.165, 1.54) is 17.4 Å². The molecule has 0 unspecified atom stereocenters. The Bertz CT molecular complexity index is 606. The minimum Gasteiger partial charge on any atom is -0.360 e. The SMILES string of the molecule is CCC(CC)NCCNc1nc2ccc(C(F)(F)F)cc2s1. The van der Waals surface area contributed by atoms with E-state index in [-0.39, 0.29) is 0 Å². The standard InChI is InChI=1S/C15H20F3N3S/c1-3-11(4-2)19-7-8-20-14-21-12-6-5-10(15(16,17)18)9-13(12)22-14/h5-6,9,11,19H,3-4,7-8H2,1-2H3,(H,20,21). The van der Waals surface area contributed by atoms with Crippen LogP contribution in [0.3, 0.4) is 0 Å². The average molecular weight is 331 g/mol. The van der Waals surface area contributed by atoms with Crippen molar-refractivity contribution in [2.75, 3.05) is 18.4 Å². The first-order chi connectivity index (χ1) is 10.4. The van der Waals surface area contributed by atoms with Gasteiger partial charge in [-0.3, -0.25) is 0 Å². The maximum Gasteiger partial charge on any atom is 0.416 e. The van der Waals surface area contributed by atoms with Crippen LogP contribution in [0, 0.1) is 0 Å². The fourth-order valence-electron chi connectivity index (χ4n) is 2.20. The number of nitrogens with zero attached hydrogens (tertiary/aromatic N) is 1. The van der Waals surface area contributed by atoms with Crippen molar-refractivity contribution < 1.29 is 13.2 Å². The Morgan fingerprint density at radius 2 is 1.91 bits per heavy atom. The third kappa shape index (κ3) is 4.33. The van der Waals surface area contributed by atoms with Gasteiger partial charge in [-0.15, -0.1) is 0 Å². The summed E-state index contributed by atoms with van der Waals surface area (Å²) in [4.78, 5) is 4.31. The number of hydrogen-bond donors (Lipinski definition) is 2. The smallest absolute Gasteiger partial charge is 0.360 e. The summed E-state index contributed by atoms with van der Waals surface area (Å²) in [6, 6.07) is 4.15. The van der Waals surface area contributed by atoms with E-state index in [1.807, 2.05) is 0 Å². The molecule has 0 saturated heterocycles. The zero-order chi connectivity index (χ0) is 16.2. The summed E-state index contributed by atoms with van der Waals surface area (Å²) in [7, 11) is 0. The van der Waals surface area contributed by atoms with E-state index in [0.29, 0.717) is 27.9 Å². The van der Waals surface area contributed by atoms with Crippen LogP contribution in [0.4, 0.5) is 18.3 Å². The predicted molar refractivity (Wildman–Crippen MR) is 85.5 cm³/mol. The molecule has 22 heavy (non-hydrogen) atoms. The summed E-state index contributed by atoms with van der Waals surface area (Å²) in [5.74, 6) is 0. The van der Waals surface area contributed by atoms with Crippen molar-refractivity contribution in [3.8, 4) is 0 Å². The van der Waals surface area contributed by atoms with E-state index in [2.05, 4.69) is 29.5 Å². The zero-order valence-corrected chi connectivity index (χ0v) is 13.4. The van der Waals surface area contributed by atoms with Gasteiger partial charge in [0.15, 0.2) is 5.13 Å². The highest BCUT2D eigenvalue weighted by atomic mass is 32.1. The summed E-state index contributed by atoms with van der Waals surface area (Å²) in [5, 5.41) is 7.23. The molecule has 0 amide bonds. The highest BCUT2D eigenvalue weighted by Crippen LogP contribution is 2.34. The van der Waals surface area contributed by atoms with Gasteiger partial charge in [0, 0.05) is 19.1 Å². The maximum atomic E-state index is 12.7. The topological polar surface area (TPSA) is 37.0 Å². The van der Waals surface area contributed by atoms with Gasteiger partial charge in [0.2, 0.25) is 0 Å². The highest BCUT2D eigenvalue weighted by Gasteiger charge is 2.30. The van der Waals surface area contributed by atoms with Crippen molar-refractivity contribution in [2.24, 2.45) is 0 Å². The summed E-state index contributed by atoms with van der Waals surface area (Å²) >= 11 is 1.25. The van der Waals surface area contributed by atoms with Crippen LogP contribution in [0.25, 0.3) is 10.2 Å². The number of rotatable bonds is 7. The summed E-state index contributed by atoms with van der Waals surface area (Å²) < 4.78 is 38.6. The predicted octanol–water partition coefficient (Wildman–Crippen LogP) is 4.51. The molecule has 0 aliphatic heterocycles. The lowest BCUT2D eigenvalue weighted by Gasteiger charge is -2.14. The normalized spacial score (nSPS) is 12.3. The number of thiazole rings is 1. The third-order valence-electron chi connectivity index (χ3n) is 3.54. The van der Waals surface area contributed by atoms with Gasteiger partial charge < -0.3 is 10.6 Å². The molecule has 0 radical (unpaired) electrons. The van der Waals surface area contributed by atoms with Crippen LogP contribution in [0.15, 0.2) is 18.2 Å². The van der Waals surface area contributed by atoms with Crippen molar-refractivity contribution in [3.63, 3.8) is 0 Å². The number of benzene rings is 1. The summed E-state index contributed by atoms with van der Waals surface area (Å²) in [5.41, 5.74) is -0.0425. The fraction of sp³-hybridized carbons (Fsp3) is 0.533. The molecular formula is C15H20F3N3S. The molecule has 0 atom stereocenters.